The number of aromatic nitrogens is 1. The van der Waals surface area contributed by atoms with E-state index in [-0.39, 0.29) is 0 Å². The van der Waals surface area contributed by atoms with Crippen LogP contribution in [-0.4, -0.2) is 22.7 Å². The lowest BCUT2D eigenvalue weighted by Gasteiger charge is -2.11. The van der Waals surface area contributed by atoms with E-state index in [2.05, 4.69) is 24.9 Å². The van der Waals surface area contributed by atoms with Crippen LogP contribution in [0.25, 0.3) is 0 Å². The molecule has 2 rings (SSSR count). The van der Waals surface area contributed by atoms with Crippen LogP contribution in [0.1, 0.15) is 37.1 Å². The summed E-state index contributed by atoms with van der Waals surface area (Å²) in [6.07, 6.45) is 0.616. The molecule has 0 aliphatic rings. The van der Waals surface area contributed by atoms with Gasteiger partial charge in [-0.2, -0.15) is 0 Å². The van der Waals surface area contributed by atoms with E-state index in [1.54, 1.807) is 6.92 Å². The summed E-state index contributed by atoms with van der Waals surface area (Å²) in [5, 5.41) is 9.81. The van der Waals surface area contributed by atoms with Gasteiger partial charge in [0.15, 0.2) is 0 Å². The average Bonchev–Trinajstić information content (AvgIpc) is 2.77. The lowest BCUT2D eigenvalue weighted by molar-refractivity contribution is 0.0701. The molecule has 0 bridgehead atoms. The van der Waals surface area contributed by atoms with Crippen LogP contribution in [0.3, 0.4) is 0 Å². The molecule has 0 fully saturated rings. The molecule has 1 aromatic heterocycles. The van der Waals surface area contributed by atoms with Gasteiger partial charge in [0.25, 0.3) is 0 Å². The molecular formula is C16H19NO3S. The lowest BCUT2D eigenvalue weighted by atomic mass is 10.1. The zero-order chi connectivity index (χ0) is 15.6. The van der Waals surface area contributed by atoms with Crippen molar-refractivity contribution in [1.29, 1.82) is 0 Å². The van der Waals surface area contributed by atoms with Crippen LogP contribution in [0, 0.1) is 27.7 Å². The van der Waals surface area contributed by atoms with Gasteiger partial charge >= 0.3 is 5.97 Å². The quantitative estimate of drug-likeness (QED) is 0.915. The van der Waals surface area contributed by atoms with E-state index in [1.807, 2.05) is 13.0 Å². The molecule has 0 atom stereocenters. The Hall–Kier alpha value is -1.88. The Balaban J connectivity index is 2.00. The molecule has 1 heterocycles. The summed E-state index contributed by atoms with van der Waals surface area (Å²) < 4.78 is 5.81. The zero-order valence-electron chi connectivity index (χ0n) is 12.7. The van der Waals surface area contributed by atoms with Crippen molar-refractivity contribution in [3.05, 3.63) is 44.4 Å². The van der Waals surface area contributed by atoms with Crippen molar-refractivity contribution in [2.45, 2.75) is 34.1 Å². The van der Waals surface area contributed by atoms with Crippen molar-refractivity contribution < 1.29 is 14.6 Å². The van der Waals surface area contributed by atoms with Crippen molar-refractivity contribution in [3.63, 3.8) is 0 Å². The standard InChI is InChI=1S/C16H19NO3S/c1-9-7-11(3)13(8-10(9)2)20-6-5-14-17-12(4)15(21-14)16(18)19/h7-8H,5-6H2,1-4H3,(H,18,19). The van der Waals surface area contributed by atoms with Gasteiger partial charge in [0, 0.05) is 6.42 Å². The normalized spacial score (nSPS) is 10.7. The van der Waals surface area contributed by atoms with Gasteiger partial charge < -0.3 is 9.84 Å². The minimum atomic E-state index is -0.915. The third-order valence-corrected chi connectivity index (χ3v) is 4.61. The van der Waals surface area contributed by atoms with E-state index in [9.17, 15) is 4.79 Å². The Labute approximate surface area is 128 Å². The summed E-state index contributed by atoms with van der Waals surface area (Å²) in [6, 6.07) is 4.15. The summed E-state index contributed by atoms with van der Waals surface area (Å²) >= 11 is 1.22. The summed E-state index contributed by atoms with van der Waals surface area (Å²) in [4.78, 5) is 15.6. The number of carboxylic acid groups (broad SMARTS) is 1. The molecule has 0 aliphatic carbocycles. The maximum absolute atomic E-state index is 11.0. The van der Waals surface area contributed by atoms with Gasteiger partial charge in [0.1, 0.15) is 10.6 Å². The van der Waals surface area contributed by atoms with Gasteiger partial charge in [-0.15, -0.1) is 11.3 Å². The van der Waals surface area contributed by atoms with Crippen LogP contribution in [0.2, 0.25) is 0 Å². The maximum atomic E-state index is 11.0. The number of hydrogen-bond acceptors (Lipinski definition) is 4. The van der Waals surface area contributed by atoms with Gasteiger partial charge in [0.2, 0.25) is 0 Å². The molecule has 5 heteroatoms. The zero-order valence-corrected chi connectivity index (χ0v) is 13.5. The molecule has 0 radical (unpaired) electrons. The van der Waals surface area contributed by atoms with Gasteiger partial charge in [0.05, 0.1) is 17.3 Å². The number of carbonyl (C=O) groups is 1. The van der Waals surface area contributed by atoms with E-state index < -0.39 is 5.97 Å². The Kier molecular flexibility index (Phi) is 4.63. The molecule has 21 heavy (non-hydrogen) atoms. The van der Waals surface area contributed by atoms with Crippen LogP contribution in [-0.2, 0) is 6.42 Å². The summed E-state index contributed by atoms with van der Waals surface area (Å²) in [5.74, 6) is -0.0352. The van der Waals surface area contributed by atoms with Crippen molar-refractivity contribution in [2.24, 2.45) is 0 Å². The number of hydrogen-bond donors (Lipinski definition) is 1. The summed E-state index contributed by atoms with van der Waals surface area (Å²) in [7, 11) is 0. The fraction of sp³-hybridized carbons (Fsp3) is 0.375. The molecule has 0 unspecified atom stereocenters. The number of ether oxygens (including phenoxy) is 1. The summed E-state index contributed by atoms with van der Waals surface area (Å²) in [6.45, 7) is 8.38. The minimum absolute atomic E-state index is 0.312. The molecule has 112 valence electrons. The predicted molar refractivity (Wildman–Crippen MR) is 83.7 cm³/mol. The fourth-order valence-corrected chi connectivity index (χ4v) is 2.98. The monoisotopic (exact) mass is 305 g/mol. The molecule has 2 aromatic rings. The first kappa shape index (κ1) is 15.5. The molecule has 4 nitrogen and oxygen atoms in total. The van der Waals surface area contributed by atoms with E-state index in [0.717, 1.165) is 16.3 Å². The smallest absolute Gasteiger partial charge is 0.347 e. The van der Waals surface area contributed by atoms with Crippen molar-refractivity contribution >= 4 is 17.3 Å². The molecule has 0 saturated carbocycles. The lowest BCUT2D eigenvalue weighted by Crippen LogP contribution is -2.03. The van der Waals surface area contributed by atoms with Crippen LogP contribution in [0.5, 0.6) is 5.75 Å². The van der Waals surface area contributed by atoms with Crippen LogP contribution in [0.4, 0.5) is 0 Å². The molecule has 0 spiro atoms. The first-order valence-corrected chi connectivity index (χ1v) is 7.60. The minimum Gasteiger partial charge on any atom is -0.493 e. The molecule has 0 saturated heterocycles. The largest absolute Gasteiger partial charge is 0.493 e. The number of thiazole rings is 1. The molecule has 1 aromatic carbocycles. The van der Waals surface area contributed by atoms with E-state index >= 15 is 0 Å². The third-order valence-electron chi connectivity index (χ3n) is 3.40. The van der Waals surface area contributed by atoms with E-state index in [1.165, 1.54) is 22.5 Å². The highest BCUT2D eigenvalue weighted by Crippen LogP contribution is 2.23. The maximum Gasteiger partial charge on any atom is 0.347 e. The van der Waals surface area contributed by atoms with E-state index in [0.29, 0.717) is 23.6 Å². The second-order valence-corrected chi connectivity index (χ2v) is 6.21. The first-order chi connectivity index (χ1) is 9.88. The van der Waals surface area contributed by atoms with Crippen LogP contribution < -0.4 is 4.74 Å². The number of aromatic carboxylic acids is 1. The highest BCUT2D eigenvalue weighted by Gasteiger charge is 2.13. The van der Waals surface area contributed by atoms with Crippen molar-refractivity contribution in [2.75, 3.05) is 6.61 Å². The molecule has 0 aliphatic heterocycles. The number of carboxylic acids is 1. The highest BCUT2D eigenvalue weighted by atomic mass is 32.1. The van der Waals surface area contributed by atoms with Crippen LogP contribution in [0.15, 0.2) is 12.1 Å². The van der Waals surface area contributed by atoms with Crippen LogP contribution >= 0.6 is 11.3 Å². The highest BCUT2D eigenvalue weighted by molar-refractivity contribution is 7.13. The van der Waals surface area contributed by atoms with Gasteiger partial charge in [-0.3, -0.25) is 0 Å². The van der Waals surface area contributed by atoms with Gasteiger partial charge in [-0.1, -0.05) is 6.07 Å². The van der Waals surface area contributed by atoms with Gasteiger partial charge in [-0.25, -0.2) is 9.78 Å². The Bertz CT molecular complexity index is 676. The van der Waals surface area contributed by atoms with Crippen molar-refractivity contribution in [3.8, 4) is 5.75 Å². The molecular weight excluding hydrogens is 286 g/mol. The second kappa shape index (κ2) is 6.26. The number of rotatable bonds is 5. The second-order valence-electron chi connectivity index (χ2n) is 5.13. The average molecular weight is 305 g/mol. The SMILES string of the molecule is Cc1cc(C)c(OCCc2nc(C)c(C(=O)O)s2)cc1C. The fourth-order valence-electron chi connectivity index (χ4n) is 2.10. The number of benzene rings is 1. The third kappa shape index (κ3) is 3.61. The van der Waals surface area contributed by atoms with Gasteiger partial charge in [-0.05, 0) is 50.5 Å². The predicted octanol–water partition coefficient (Wildman–Crippen LogP) is 3.70. The Morgan fingerprint density at radius 2 is 1.86 bits per heavy atom. The van der Waals surface area contributed by atoms with Crippen molar-refractivity contribution in [1.82, 2.24) is 4.98 Å². The topological polar surface area (TPSA) is 59.4 Å². The Morgan fingerprint density at radius 3 is 2.48 bits per heavy atom. The number of aryl methyl sites for hydroxylation is 4. The first-order valence-electron chi connectivity index (χ1n) is 6.78. The Morgan fingerprint density at radius 1 is 1.19 bits per heavy atom. The summed E-state index contributed by atoms with van der Waals surface area (Å²) in [5.41, 5.74) is 4.14. The van der Waals surface area contributed by atoms with E-state index in [4.69, 9.17) is 9.84 Å². The molecule has 0 amide bonds. The molecule has 1 N–H and O–H groups in total. The number of nitrogens with zero attached hydrogens (tertiary/aromatic N) is 1.